The number of carbonyl (C=O) groups excluding carboxylic acids is 1. The van der Waals surface area contributed by atoms with Gasteiger partial charge in [-0.2, -0.15) is 0 Å². The van der Waals surface area contributed by atoms with Crippen LogP contribution in [0.3, 0.4) is 0 Å². The molecule has 0 aliphatic rings. The molecule has 1 heterocycles. The summed E-state index contributed by atoms with van der Waals surface area (Å²) in [6.45, 7) is 3.74. The maximum atomic E-state index is 11.3. The van der Waals surface area contributed by atoms with Gasteiger partial charge in [-0.3, -0.25) is 4.79 Å². The lowest BCUT2D eigenvalue weighted by Gasteiger charge is -2.13. The van der Waals surface area contributed by atoms with E-state index in [0.29, 0.717) is 18.1 Å². The number of esters is 1. The van der Waals surface area contributed by atoms with Crippen molar-refractivity contribution in [2.75, 3.05) is 6.61 Å². The molecule has 0 radical (unpaired) electrons. The molecule has 5 nitrogen and oxygen atoms in total. The molecule has 3 rings (SSSR count). The van der Waals surface area contributed by atoms with Crippen molar-refractivity contribution in [2.24, 2.45) is 0 Å². The van der Waals surface area contributed by atoms with Gasteiger partial charge >= 0.3 is 5.97 Å². The van der Waals surface area contributed by atoms with Gasteiger partial charge in [-0.25, -0.2) is 4.98 Å². The first kappa shape index (κ1) is 15.8. The zero-order chi connectivity index (χ0) is 16.4. The van der Waals surface area contributed by atoms with Crippen molar-refractivity contribution in [1.82, 2.24) is 9.97 Å². The van der Waals surface area contributed by atoms with E-state index in [1.165, 1.54) is 6.92 Å². The normalized spacial score (nSPS) is 10.7. The minimum Gasteiger partial charge on any atom is -0.490 e. The third-order valence-corrected chi connectivity index (χ3v) is 4.02. The topological polar surface area (TPSA) is 64.2 Å². The van der Waals surface area contributed by atoms with Gasteiger partial charge in [-0.05, 0) is 53.8 Å². The number of H-pyrrole nitrogens is 1. The Hall–Kier alpha value is -2.09. The van der Waals surface area contributed by atoms with E-state index in [-0.39, 0.29) is 5.97 Å². The van der Waals surface area contributed by atoms with Crippen LogP contribution in [0.4, 0.5) is 0 Å². The summed E-state index contributed by atoms with van der Waals surface area (Å²) in [4.78, 5) is 19.2. The molecule has 0 atom stereocenters. The molecule has 0 aliphatic carbocycles. The molecule has 0 bridgehead atoms. The minimum atomic E-state index is -0.375. The largest absolute Gasteiger partial charge is 0.490 e. The van der Waals surface area contributed by atoms with E-state index in [0.717, 1.165) is 26.0 Å². The van der Waals surface area contributed by atoms with Crippen molar-refractivity contribution in [3.8, 4) is 22.9 Å². The molecule has 118 valence electrons. The summed E-state index contributed by atoms with van der Waals surface area (Å²) in [5.74, 6) is 1.35. The Kier molecular flexibility index (Phi) is 4.51. The summed E-state index contributed by atoms with van der Waals surface area (Å²) < 4.78 is 11.7. The van der Waals surface area contributed by atoms with Crippen molar-refractivity contribution in [3.63, 3.8) is 0 Å². The van der Waals surface area contributed by atoms with E-state index in [1.54, 1.807) is 0 Å². The van der Waals surface area contributed by atoms with E-state index in [2.05, 4.69) is 32.6 Å². The molecule has 0 aliphatic heterocycles. The van der Waals surface area contributed by atoms with Gasteiger partial charge in [0.2, 0.25) is 0 Å². The molecule has 23 heavy (non-hydrogen) atoms. The van der Waals surface area contributed by atoms with E-state index in [1.807, 2.05) is 43.3 Å². The number of para-hydroxylation sites is 2. The SMILES string of the molecule is CCOc1cc(-c2nc3ccccc3[nH]2)cc(I)c1OC(C)=O. The Balaban J connectivity index is 2.10. The number of halogens is 1. The summed E-state index contributed by atoms with van der Waals surface area (Å²) in [6.07, 6.45) is 0. The van der Waals surface area contributed by atoms with Crippen LogP contribution in [0.25, 0.3) is 22.4 Å². The van der Waals surface area contributed by atoms with E-state index >= 15 is 0 Å². The van der Waals surface area contributed by atoms with Gasteiger partial charge in [0.15, 0.2) is 11.5 Å². The predicted octanol–water partition coefficient (Wildman–Crippen LogP) is 4.16. The number of aromatic nitrogens is 2. The molecule has 0 unspecified atom stereocenters. The average Bonchev–Trinajstić information content (AvgIpc) is 2.94. The number of carbonyl (C=O) groups is 1. The van der Waals surface area contributed by atoms with Crippen molar-refractivity contribution >= 4 is 39.6 Å². The van der Waals surface area contributed by atoms with Gasteiger partial charge in [0.05, 0.1) is 21.2 Å². The highest BCUT2D eigenvalue weighted by Crippen LogP contribution is 2.37. The maximum Gasteiger partial charge on any atom is 0.308 e. The van der Waals surface area contributed by atoms with E-state index in [4.69, 9.17) is 9.47 Å². The zero-order valence-electron chi connectivity index (χ0n) is 12.7. The van der Waals surface area contributed by atoms with Crippen molar-refractivity contribution < 1.29 is 14.3 Å². The first-order chi connectivity index (χ1) is 11.1. The van der Waals surface area contributed by atoms with Crippen molar-refractivity contribution in [1.29, 1.82) is 0 Å². The highest BCUT2D eigenvalue weighted by Gasteiger charge is 2.16. The smallest absolute Gasteiger partial charge is 0.308 e. The van der Waals surface area contributed by atoms with Crippen LogP contribution in [0.2, 0.25) is 0 Å². The fourth-order valence-electron chi connectivity index (χ4n) is 2.30. The van der Waals surface area contributed by atoms with Crippen LogP contribution in [0.5, 0.6) is 11.5 Å². The molecular formula is C17H15IN2O3. The summed E-state index contributed by atoms with van der Waals surface area (Å²) in [5, 5.41) is 0. The Bertz CT molecular complexity index is 840. The number of benzene rings is 2. The Labute approximate surface area is 147 Å². The molecule has 6 heteroatoms. The lowest BCUT2D eigenvalue weighted by molar-refractivity contribution is -0.132. The van der Waals surface area contributed by atoms with Gasteiger partial charge in [-0.1, -0.05) is 12.1 Å². The van der Waals surface area contributed by atoms with Gasteiger partial charge < -0.3 is 14.5 Å². The molecule has 0 fully saturated rings. The number of fused-ring (bicyclic) bond motifs is 1. The summed E-state index contributed by atoms with van der Waals surface area (Å²) in [6, 6.07) is 11.6. The number of hydrogen-bond acceptors (Lipinski definition) is 4. The molecule has 1 aromatic heterocycles. The van der Waals surface area contributed by atoms with Crippen molar-refractivity contribution in [2.45, 2.75) is 13.8 Å². The van der Waals surface area contributed by atoms with Gasteiger partial charge in [-0.15, -0.1) is 0 Å². The molecule has 3 aromatic rings. The standard InChI is InChI=1S/C17H15IN2O3/c1-3-22-15-9-11(8-12(18)16(15)23-10(2)21)17-19-13-6-4-5-7-14(13)20-17/h4-9H,3H2,1-2H3,(H,19,20). The van der Waals surface area contributed by atoms with Gasteiger partial charge in [0.25, 0.3) is 0 Å². The summed E-state index contributed by atoms with van der Waals surface area (Å²) >= 11 is 2.13. The molecule has 2 aromatic carbocycles. The van der Waals surface area contributed by atoms with Crippen LogP contribution < -0.4 is 9.47 Å². The van der Waals surface area contributed by atoms with Gasteiger partial charge in [0, 0.05) is 12.5 Å². The molecular weight excluding hydrogens is 407 g/mol. The van der Waals surface area contributed by atoms with Crippen LogP contribution >= 0.6 is 22.6 Å². The quantitative estimate of drug-likeness (QED) is 0.390. The van der Waals surface area contributed by atoms with Crippen LogP contribution in [0.1, 0.15) is 13.8 Å². The van der Waals surface area contributed by atoms with Crippen LogP contribution in [0.15, 0.2) is 36.4 Å². The summed E-state index contributed by atoms with van der Waals surface area (Å²) in [7, 11) is 0. The number of nitrogens with one attached hydrogen (secondary N) is 1. The van der Waals surface area contributed by atoms with Crippen LogP contribution in [-0.2, 0) is 4.79 Å². The monoisotopic (exact) mass is 422 g/mol. The maximum absolute atomic E-state index is 11.3. The van der Waals surface area contributed by atoms with Gasteiger partial charge in [0.1, 0.15) is 5.82 Å². The Morgan fingerprint density at radius 3 is 2.78 bits per heavy atom. The lowest BCUT2D eigenvalue weighted by atomic mass is 10.2. The Morgan fingerprint density at radius 2 is 2.09 bits per heavy atom. The number of aromatic amines is 1. The first-order valence-corrected chi connectivity index (χ1v) is 8.26. The molecule has 0 saturated carbocycles. The minimum absolute atomic E-state index is 0.375. The number of rotatable bonds is 4. The fraction of sp³-hybridized carbons (Fsp3) is 0.176. The zero-order valence-corrected chi connectivity index (χ0v) is 14.9. The molecule has 1 N–H and O–H groups in total. The molecule has 0 spiro atoms. The van der Waals surface area contributed by atoms with E-state index in [9.17, 15) is 4.79 Å². The second kappa shape index (κ2) is 6.57. The highest BCUT2D eigenvalue weighted by atomic mass is 127. The van der Waals surface area contributed by atoms with Crippen LogP contribution in [0, 0.1) is 3.57 Å². The third kappa shape index (κ3) is 3.31. The number of ether oxygens (including phenoxy) is 2. The highest BCUT2D eigenvalue weighted by molar-refractivity contribution is 14.1. The summed E-state index contributed by atoms with van der Waals surface area (Å²) in [5.41, 5.74) is 2.75. The fourth-order valence-corrected chi connectivity index (χ4v) is 3.01. The first-order valence-electron chi connectivity index (χ1n) is 7.18. The third-order valence-electron chi connectivity index (χ3n) is 3.22. The second-order valence-corrected chi connectivity index (χ2v) is 6.08. The molecule has 0 saturated heterocycles. The predicted molar refractivity (Wildman–Crippen MR) is 96.7 cm³/mol. The average molecular weight is 422 g/mol. The molecule has 0 amide bonds. The Morgan fingerprint density at radius 1 is 1.30 bits per heavy atom. The number of imidazole rings is 1. The number of nitrogens with zero attached hydrogens (tertiary/aromatic N) is 1. The van der Waals surface area contributed by atoms with Crippen molar-refractivity contribution in [3.05, 3.63) is 40.0 Å². The lowest BCUT2D eigenvalue weighted by Crippen LogP contribution is -2.06. The van der Waals surface area contributed by atoms with E-state index < -0.39 is 0 Å². The second-order valence-electron chi connectivity index (χ2n) is 4.91. The van der Waals surface area contributed by atoms with Crippen LogP contribution in [-0.4, -0.2) is 22.5 Å². The number of hydrogen-bond donors (Lipinski definition) is 1.